The molecule has 3 unspecified atom stereocenters. The van der Waals surface area contributed by atoms with Gasteiger partial charge in [-0.1, -0.05) is 37.6 Å². The van der Waals surface area contributed by atoms with Gasteiger partial charge in [0.05, 0.1) is 17.7 Å². The summed E-state index contributed by atoms with van der Waals surface area (Å²) in [6.45, 7) is 0.314. The molecule has 0 saturated carbocycles. The summed E-state index contributed by atoms with van der Waals surface area (Å²) in [7, 11) is 0. The van der Waals surface area contributed by atoms with Gasteiger partial charge in [0.2, 0.25) is 23.5 Å². The molecule has 6 aromatic rings. The Hall–Kier alpha value is -6.47. The number of carbonyl (C=O) groups is 3. The number of amides is 2. The summed E-state index contributed by atoms with van der Waals surface area (Å²) in [4.78, 5) is 46.2. The number of primary amides is 2. The number of alkyl halides is 6. The number of carbonyl (C=O) groups excluding carboxylic acids is 2. The van der Waals surface area contributed by atoms with Gasteiger partial charge in [0.1, 0.15) is 34.1 Å². The van der Waals surface area contributed by atoms with E-state index in [1.807, 2.05) is 0 Å². The highest BCUT2D eigenvalue weighted by atomic mass is 79.9. The molecule has 0 radical (unpaired) electrons. The van der Waals surface area contributed by atoms with Crippen LogP contribution >= 0.6 is 31.9 Å². The van der Waals surface area contributed by atoms with Crippen LogP contribution in [-0.2, 0) is 27.5 Å². The number of carboxylic acids is 1. The number of carboxylic acid groups (broad SMARTS) is 1. The van der Waals surface area contributed by atoms with Gasteiger partial charge in [-0.25, -0.2) is 32.3 Å². The third-order valence-corrected chi connectivity index (χ3v) is 10.7. The number of aliphatic carboxylic acids is 1. The van der Waals surface area contributed by atoms with Gasteiger partial charge in [-0.3, -0.25) is 9.59 Å². The molecule has 0 bridgehead atoms. The van der Waals surface area contributed by atoms with Gasteiger partial charge in [-0.2, -0.15) is 26.3 Å². The summed E-state index contributed by atoms with van der Waals surface area (Å²) < 4.78 is 170. The summed E-state index contributed by atoms with van der Waals surface area (Å²) in [5, 5.41) is 10.9. The van der Waals surface area contributed by atoms with Crippen LogP contribution in [0.1, 0.15) is 69.5 Å². The second kappa shape index (κ2) is 19.4. The average Bonchev–Trinajstić information content (AvgIpc) is 3.83. The second-order valence-electron chi connectivity index (χ2n) is 14.1. The molecule has 354 valence electrons. The number of hydrogen-bond donors (Lipinski definition) is 3. The van der Waals surface area contributed by atoms with Crippen molar-refractivity contribution in [2.45, 2.75) is 49.9 Å². The van der Waals surface area contributed by atoms with Crippen LogP contribution in [0, 0.1) is 23.3 Å². The first-order chi connectivity index (χ1) is 31.4. The number of rotatable bonds is 17. The molecule has 2 aromatic heterocycles. The molecular weight excluding hydrogens is 1050 g/mol. The first kappa shape index (κ1) is 50.0. The van der Waals surface area contributed by atoms with Crippen molar-refractivity contribution >= 4 is 49.6 Å². The quantitative estimate of drug-likeness (QED) is 0.0733. The fourth-order valence-electron chi connectivity index (χ4n) is 6.58. The van der Waals surface area contributed by atoms with Gasteiger partial charge in [-0.15, -0.1) is 0 Å². The highest BCUT2D eigenvalue weighted by Crippen LogP contribution is 2.44. The molecule has 25 heteroatoms. The largest absolute Gasteiger partial charge is 0.479 e. The number of ether oxygens (including phenoxy) is 3. The van der Waals surface area contributed by atoms with Crippen LogP contribution in [-0.4, -0.2) is 45.6 Å². The Labute approximate surface area is 386 Å². The van der Waals surface area contributed by atoms with Crippen molar-refractivity contribution in [1.29, 1.82) is 0 Å². The Morgan fingerprint density at radius 3 is 1.63 bits per heavy atom. The molecule has 0 spiro atoms. The number of halogens is 12. The van der Waals surface area contributed by atoms with Crippen molar-refractivity contribution < 1.29 is 86.4 Å². The van der Waals surface area contributed by atoms with Gasteiger partial charge in [0.15, 0.2) is 38.6 Å². The van der Waals surface area contributed by atoms with E-state index >= 15 is 8.78 Å². The van der Waals surface area contributed by atoms with Crippen molar-refractivity contribution in [1.82, 2.24) is 9.97 Å². The summed E-state index contributed by atoms with van der Waals surface area (Å²) in [6.07, 6.45) is -14.7. The molecule has 5 N–H and O–H groups in total. The van der Waals surface area contributed by atoms with Crippen molar-refractivity contribution in [2.24, 2.45) is 11.5 Å². The van der Waals surface area contributed by atoms with E-state index in [-0.39, 0.29) is 38.3 Å². The van der Waals surface area contributed by atoms with Crippen LogP contribution in [0.15, 0.2) is 91.0 Å². The van der Waals surface area contributed by atoms with Crippen LogP contribution < -0.4 is 20.9 Å². The molecule has 6 rings (SSSR count). The number of hydrogen-bond acceptors (Lipinski definition) is 10. The van der Waals surface area contributed by atoms with E-state index in [1.165, 1.54) is 6.92 Å². The standard InChI is InChI=1S/C42H28Br2F10N4O9/c1-2-15-40(67-24-14-12-22(46)27(29(24)48)36(56)60,39-58-31(34(44)66-39)18-5-9-20(10-6-18)42(52,53)54)32(38(61)62)63-16-25(64-23-13-11-21(45)26(28(23)47)35(55)59)37-57-30(33(43)65-37)17-3-7-19(8-4-17)41(49,50)51/h3-14,25,32H,2,15-16H2,1H3,(H2,55,59)(H2,56,60)(H,61,62). The van der Waals surface area contributed by atoms with Gasteiger partial charge in [0.25, 0.3) is 11.8 Å². The molecule has 2 amide bonds. The zero-order valence-corrected chi connectivity index (χ0v) is 36.7. The summed E-state index contributed by atoms with van der Waals surface area (Å²) in [6, 6.07) is 9.36. The number of oxazole rings is 2. The molecule has 2 heterocycles. The van der Waals surface area contributed by atoms with E-state index in [0.29, 0.717) is 36.4 Å². The lowest BCUT2D eigenvalue weighted by molar-refractivity contribution is -0.178. The maximum absolute atomic E-state index is 16.0. The van der Waals surface area contributed by atoms with Crippen molar-refractivity contribution in [2.75, 3.05) is 6.61 Å². The van der Waals surface area contributed by atoms with Gasteiger partial charge in [-0.05, 0) is 86.8 Å². The normalized spacial score (nSPS) is 13.7. The minimum absolute atomic E-state index is 0.00673. The molecule has 0 fully saturated rings. The number of nitrogens with two attached hydrogens (primary N) is 2. The highest BCUT2D eigenvalue weighted by Gasteiger charge is 2.53. The van der Waals surface area contributed by atoms with E-state index in [9.17, 15) is 54.6 Å². The smallest absolute Gasteiger partial charge is 0.416 e. The predicted octanol–water partition coefficient (Wildman–Crippen LogP) is 10.7. The fraction of sp³-hybridized carbons (Fsp3) is 0.214. The Bertz CT molecular complexity index is 2840. The Kier molecular flexibility index (Phi) is 14.5. The van der Waals surface area contributed by atoms with Crippen LogP contribution in [0.5, 0.6) is 11.5 Å². The van der Waals surface area contributed by atoms with Crippen LogP contribution in [0.2, 0.25) is 0 Å². The number of benzene rings is 4. The Morgan fingerprint density at radius 2 is 1.16 bits per heavy atom. The molecule has 0 saturated heterocycles. The van der Waals surface area contributed by atoms with Gasteiger partial charge >= 0.3 is 18.3 Å². The molecule has 4 aromatic carbocycles. The maximum Gasteiger partial charge on any atom is 0.416 e. The van der Waals surface area contributed by atoms with E-state index in [4.69, 9.17) is 34.5 Å². The minimum atomic E-state index is -4.75. The molecule has 67 heavy (non-hydrogen) atoms. The molecule has 0 aliphatic carbocycles. The monoisotopic (exact) mass is 1080 g/mol. The van der Waals surface area contributed by atoms with Gasteiger partial charge in [0, 0.05) is 11.1 Å². The first-order valence-corrected chi connectivity index (χ1v) is 20.4. The molecule has 0 aliphatic heterocycles. The lowest BCUT2D eigenvalue weighted by Crippen LogP contribution is -2.51. The Morgan fingerprint density at radius 1 is 0.701 bits per heavy atom. The summed E-state index contributed by atoms with van der Waals surface area (Å²) >= 11 is 6.20. The van der Waals surface area contributed by atoms with E-state index in [1.54, 1.807) is 0 Å². The van der Waals surface area contributed by atoms with Crippen molar-refractivity contribution in [3.8, 4) is 34.0 Å². The molecular formula is C42H28Br2F10N4O9. The van der Waals surface area contributed by atoms with E-state index in [2.05, 4.69) is 41.8 Å². The molecule has 0 aliphatic rings. The predicted molar refractivity (Wildman–Crippen MR) is 217 cm³/mol. The van der Waals surface area contributed by atoms with Crippen LogP contribution in [0.4, 0.5) is 43.9 Å². The zero-order valence-electron chi connectivity index (χ0n) is 33.5. The van der Waals surface area contributed by atoms with Gasteiger partial charge < -0.3 is 39.6 Å². The van der Waals surface area contributed by atoms with Crippen LogP contribution in [0.3, 0.4) is 0 Å². The average molecular weight is 1080 g/mol. The van der Waals surface area contributed by atoms with Crippen molar-refractivity contribution in [3.63, 3.8) is 0 Å². The molecule has 13 nitrogen and oxygen atoms in total. The SMILES string of the molecule is CCCC(Oc1ccc(F)c(C(N)=O)c1F)(c1nc(-c2ccc(C(F)(F)F)cc2)c(Br)o1)C(OCC(Oc1ccc(F)c(C(N)=O)c1F)c1nc(-c2ccc(C(F)(F)F)cc2)c(Br)o1)C(=O)O. The van der Waals surface area contributed by atoms with E-state index in [0.717, 1.165) is 36.4 Å². The van der Waals surface area contributed by atoms with Crippen LogP contribution in [0.25, 0.3) is 22.5 Å². The molecule has 3 atom stereocenters. The number of aromatic nitrogens is 2. The topological polar surface area (TPSA) is 203 Å². The minimum Gasteiger partial charge on any atom is -0.479 e. The maximum atomic E-state index is 16.0. The second-order valence-corrected chi connectivity index (χ2v) is 15.5. The number of nitrogens with zero attached hydrogens (tertiary/aromatic N) is 2. The fourth-order valence-corrected chi connectivity index (χ4v) is 7.53. The van der Waals surface area contributed by atoms with E-state index < -0.39 is 130 Å². The lowest BCUT2D eigenvalue weighted by atomic mass is 9.90. The first-order valence-electron chi connectivity index (χ1n) is 18.8. The lowest BCUT2D eigenvalue weighted by Gasteiger charge is -2.36. The third-order valence-electron chi connectivity index (χ3n) is 9.65. The van der Waals surface area contributed by atoms with Crippen molar-refractivity contribution in [3.05, 3.63) is 139 Å². The Balaban J connectivity index is 1.51. The zero-order chi connectivity index (χ0) is 49.3. The summed E-state index contributed by atoms with van der Waals surface area (Å²) in [5.74, 6) is -14.8. The third kappa shape index (κ3) is 10.4. The highest BCUT2D eigenvalue weighted by molar-refractivity contribution is 9.10. The summed E-state index contributed by atoms with van der Waals surface area (Å²) in [5.41, 5.74) is 2.48.